The summed E-state index contributed by atoms with van der Waals surface area (Å²) >= 11 is 0. The van der Waals surface area contributed by atoms with Crippen LogP contribution in [0.3, 0.4) is 0 Å². The zero-order chi connectivity index (χ0) is 22.7. The van der Waals surface area contributed by atoms with Gasteiger partial charge in [-0.15, -0.1) is 0 Å². The quantitative estimate of drug-likeness (QED) is 0.357. The number of imidazole rings is 1. The number of hydrazone groups is 1. The number of hydrogen-bond donors (Lipinski definition) is 1. The van der Waals surface area contributed by atoms with Gasteiger partial charge in [0.05, 0.1) is 19.4 Å². The molecule has 2 heterocycles. The van der Waals surface area contributed by atoms with Crippen LogP contribution in [0, 0.1) is 0 Å². The smallest absolute Gasteiger partial charge is 0.332 e. The molecule has 0 saturated heterocycles. The first-order chi connectivity index (χ1) is 15.5. The van der Waals surface area contributed by atoms with Crippen LogP contribution in [0.1, 0.15) is 18.1 Å². The molecule has 1 N–H and O–H groups in total. The fourth-order valence-electron chi connectivity index (χ4n) is 3.43. The molecule has 164 valence electrons. The fourth-order valence-corrected chi connectivity index (χ4v) is 3.43. The maximum Gasteiger partial charge on any atom is 0.332 e. The SMILES string of the molecule is CCOc1ccc(/C=N/Nc2nc3c(c(=O)n(Cc4ccccc4)c(=O)n3C)n2C)cc1. The van der Waals surface area contributed by atoms with Crippen molar-refractivity contribution >= 4 is 23.3 Å². The van der Waals surface area contributed by atoms with Gasteiger partial charge in [-0.2, -0.15) is 10.1 Å². The molecule has 0 bridgehead atoms. The number of aryl methyl sites for hydroxylation is 2. The van der Waals surface area contributed by atoms with Crippen molar-refractivity contribution in [1.29, 1.82) is 0 Å². The minimum atomic E-state index is -0.422. The third kappa shape index (κ3) is 4.04. The molecule has 0 unspecified atom stereocenters. The summed E-state index contributed by atoms with van der Waals surface area (Å²) in [7, 11) is 3.31. The maximum atomic E-state index is 13.1. The van der Waals surface area contributed by atoms with Crippen LogP contribution in [0.5, 0.6) is 5.75 Å². The van der Waals surface area contributed by atoms with E-state index in [1.807, 2.05) is 61.5 Å². The van der Waals surface area contributed by atoms with E-state index in [-0.39, 0.29) is 6.54 Å². The minimum Gasteiger partial charge on any atom is -0.494 e. The van der Waals surface area contributed by atoms with Crippen molar-refractivity contribution in [1.82, 2.24) is 18.7 Å². The lowest BCUT2D eigenvalue weighted by atomic mass is 10.2. The average Bonchev–Trinajstić information content (AvgIpc) is 3.14. The molecule has 0 aliphatic carbocycles. The second-order valence-corrected chi connectivity index (χ2v) is 7.26. The Balaban J connectivity index is 1.64. The van der Waals surface area contributed by atoms with Crippen molar-refractivity contribution < 1.29 is 4.74 Å². The van der Waals surface area contributed by atoms with Crippen molar-refractivity contribution in [2.75, 3.05) is 12.0 Å². The molecular formula is C23H24N6O3. The Hall–Kier alpha value is -4.14. The summed E-state index contributed by atoms with van der Waals surface area (Å²) in [4.78, 5) is 30.4. The van der Waals surface area contributed by atoms with E-state index in [2.05, 4.69) is 15.5 Å². The predicted octanol–water partition coefficient (Wildman–Crippen LogP) is 2.33. The van der Waals surface area contributed by atoms with Crippen molar-refractivity contribution in [2.24, 2.45) is 19.2 Å². The molecule has 4 aromatic rings. The first kappa shape index (κ1) is 21.1. The molecule has 0 atom stereocenters. The average molecular weight is 432 g/mol. The monoisotopic (exact) mass is 432 g/mol. The van der Waals surface area contributed by atoms with E-state index in [0.29, 0.717) is 23.7 Å². The lowest BCUT2D eigenvalue weighted by Gasteiger charge is -2.08. The van der Waals surface area contributed by atoms with E-state index in [4.69, 9.17) is 4.74 Å². The lowest BCUT2D eigenvalue weighted by Crippen LogP contribution is -2.39. The highest BCUT2D eigenvalue weighted by Crippen LogP contribution is 2.14. The van der Waals surface area contributed by atoms with Gasteiger partial charge >= 0.3 is 5.69 Å². The summed E-state index contributed by atoms with van der Waals surface area (Å²) in [5.41, 5.74) is 4.40. The van der Waals surface area contributed by atoms with Crippen LogP contribution in [0.2, 0.25) is 0 Å². The molecule has 2 aromatic heterocycles. The van der Waals surface area contributed by atoms with Crippen LogP contribution < -0.4 is 21.4 Å². The molecule has 2 aromatic carbocycles. The van der Waals surface area contributed by atoms with Crippen molar-refractivity contribution in [3.05, 3.63) is 86.6 Å². The Morgan fingerprint density at radius 3 is 2.44 bits per heavy atom. The van der Waals surface area contributed by atoms with Crippen LogP contribution in [0.15, 0.2) is 69.3 Å². The molecule has 9 heteroatoms. The largest absolute Gasteiger partial charge is 0.494 e. The van der Waals surface area contributed by atoms with Crippen molar-refractivity contribution in [3.63, 3.8) is 0 Å². The summed E-state index contributed by atoms with van der Waals surface area (Å²) in [6.07, 6.45) is 1.64. The molecule has 0 radical (unpaired) electrons. The van der Waals surface area contributed by atoms with Gasteiger partial charge in [0.15, 0.2) is 11.2 Å². The van der Waals surface area contributed by atoms with Gasteiger partial charge in [-0.1, -0.05) is 30.3 Å². The topological polar surface area (TPSA) is 95.4 Å². The minimum absolute atomic E-state index is 0.187. The van der Waals surface area contributed by atoms with E-state index in [9.17, 15) is 9.59 Å². The standard InChI is InChI=1S/C23H24N6O3/c1-4-32-18-12-10-16(11-13-18)14-24-26-22-25-20-19(27(22)2)21(30)29(23(31)28(20)3)15-17-8-6-5-7-9-17/h5-14H,4,15H2,1-3H3,(H,25,26)/b24-14+. The van der Waals surface area contributed by atoms with Crippen LogP contribution in [0.25, 0.3) is 11.2 Å². The number of nitrogens with one attached hydrogen (secondary N) is 1. The molecule has 0 amide bonds. The summed E-state index contributed by atoms with van der Waals surface area (Å²) < 4.78 is 9.63. The van der Waals surface area contributed by atoms with Gasteiger partial charge in [-0.3, -0.25) is 13.9 Å². The van der Waals surface area contributed by atoms with Gasteiger partial charge in [-0.05, 0) is 42.3 Å². The molecule has 9 nitrogen and oxygen atoms in total. The summed E-state index contributed by atoms with van der Waals surface area (Å²) in [5, 5.41) is 4.22. The first-order valence-electron chi connectivity index (χ1n) is 10.2. The van der Waals surface area contributed by atoms with Gasteiger partial charge in [0, 0.05) is 14.1 Å². The van der Waals surface area contributed by atoms with Gasteiger partial charge in [-0.25, -0.2) is 10.2 Å². The van der Waals surface area contributed by atoms with Gasteiger partial charge < -0.3 is 9.30 Å². The number of benzene rings is 2. The highest BCUT2D eigenvalue weighted by atomic mass is 16.5. The van der Waals surface area contributed by atoms with Crippen LogP contribution in [-0.4, -0.2) is 31.5 Å². The second-order valence-electron chi connectivity index (χ2n) is 7.26. The van der Waals surface area contributed by atoms with Gasteiger partial charge in [0.25, 0.3) is 5.56 Å². The van der Waals surface area contributed by atoms with Gasteiger partial charge in [0.2, 0.25) is 5.95 Å². The zero-order valence-corrected chi connectivity index (χ0v) is 18.1. The number of ether oxygens (including phenoxy) is 1. The van der Waals surface area contributed by atoms with Crippen LogP contribution in [-0.2, 0) is 20.6 Å². The van der Waals surface area contributed by atoms with Crippen LogP contribution >= 0.6 is 0 Å². The second kappa shape index (κ2) is 8.93. The number of aromatic nitrogens is 4. The molecule has 4 rings (SSSR count). The Kier molecular flexibility index (Phi) is 5.89. The normalized spacial score (nSPS) is 11.3. The molecule has 0 fully saturated rings. The summed E-state index contributed by atoms with van der Waals surface area (Å²) in [5.74, 6) is 1.15. The third-order valence-corrected chi connectivity index (χ3v) is 5.11. The van der Waals surface area contributed by atoms with E-state index < -0.39 is 11.2 Å². The lowest BCUT2D eigenvalue weighted by molar-refractivity contribution is 0.340. The van der Waals surface area contributed by atoms with Gasteiger partial charge in [0.1, 0.15) is 5.75 Å². The van der Waals surface area contributed by atoms with E-state index in [1.54, 1.807) is 24.9 Å². The Morgan fingerprint density at radius 1 is 1.03 bits per heavy atom. The van der Waals surface area contributed by atoms with Crippen molar-refractivity contribution in [3.8, 4) is 5.75 Å². The number of nitrogens with zero attached hydrogens (tertiary/aromatic N) is 5. The first-order valence-corrected chi connectivity index (χ1v) is 10.2. The highest BCUT2D eigenvalue weighted by Gasteiger charge is 2.18. The number of anilines is 1. The molecule has 32 heavy (non-hydrogen) atoms. The molecule has 0 saturated carbocycles. The zero-order valence-electron chi connectivity index (χ0n) is 18.1. The third-order valence-electron chi connectivity index (χ3n) is 5.11. The molecule has 0 spiro atoms. The predicted molar refractivity (Wildman–Crippen MR) is 125 cm³/mol. The van der Waals surface area contributed by atoms with E-state index >= 15 is 0 Å². The van der Waals surface area contributed by atoms with E-state index in [1.165, 1.54) is 9.13 Å². The highest BCUT2D eigenvalue weighted by molar-refractivity contribution is 5.80. The molecule has 0 aliphatic rings. The Bertz CT molecular complexity index is 1380. The molecule has 0 aliphatic heterocycles. The Labute approximate surface area is 184 Å². The van der Waals surface area contributed by atoms with E-state index in [0.717, 1.165) is 16.9 Å². The fraction of sp³-hybridized carbons (Fsp3) is 0.217. The summed E-state index contributed by atoms with van der Waals surface area (Å²) in [6, 6.07) is 16.9. The van der Waals surface area contributed by atoms with Crippen LogP contribution in [0.4, 0.5) is 5.95 Å². The Morgan fingerprint density at radius 2 is 1.75 bits per heavy atom. The number of fused-ring (bicyclic) bond motifs is 1. The number of rotatable bonds is 7. The molecular weight excluding hydrogens is 408 g/mol. The van der Waals surface area contributed by atoms with Crippen molar-refractivity contribution in [2.45, 2.75) is 13.5 Å². The maximum absolute atomic E-state index is 13.1. The summed E-state index contributed by atoms with van der Waals surface area (Å²) in [6.45, 7) is 2.73. The number of hydrogen-bond acceptors (Lipinski definition) is 6.